The van der Waals surface area contributed by atoms with Crippen molar-refractivity contribution in [1.82, 2.24) is 0 Å². The fourth-order valence-electron chi connectivity index (χ4n) is 4.30. The van der Waals surface area contributed by atoms with Crippen molar-refractivity contribution in [2.75, 3.05) is 0 Å². The third kappa shape index (κ3) is 4.13. The van der Waals surface area contributed by atoms with Crippen LogP contribution in [0.4, 0.5) is 0 Å². The topological polar surface area (TPSA) is 0 Å². The van der Waals surface area contributed by atoms with E-state index in [4.69, 9.17) is 17.0 Å². The average Bonchev–Trinajstić information content (AvgIpc) is 3.22. The van der Waals surface area contributed by atoms with E-state index in [1.54, 1.807) is 0 Å². The number of hydrogen-bond acceptors (Lipinski definition) is 0. The Morgan fingerprint density at radius 1 is 0.800 bits per heavy atom. The van der Waals surface area contributed by atoms with Gasteiger partial charge in [0.25, 0.3) is 0 Å². The fraction of sp³-hybridized carbons (Fsp3) is 0.148. The van der Waals surface area contributed by atoms with Crippen LogP contribution in [0.5, 0.6) is 0 Å². The second-order valence-electron chi connectivity index (χ2n) is 7.67. The molecular weight excluding hydrogens is 486 g/mol. The normalized spacial score (nSPS) is 12.0. The van der Waals surface area contributed by atoms with Crippen molar-refractivity contribution in [2.24, 2.45) is 0 Å². The maximum atomic E-state index is 4.93. The zero-order valence-electron chi connectivity index (χ0n) is 17.1. The Balaban J connectivity index is 0.000000687. The van der Waals surface area contributed by atoms with Gasteiger partial charge in [-0.3, -0.25) is 0 Å². The fourth-order valence-corrected chi connectivity index (χ4v) is 4.30. The molecule has 5 aromatic carbocycles. The van der Waals surface area contributed by atoms with Crippen molar-refractivity contribution in [1.29, 1.82) is 0 Å². The molecule has 0 fully saturated rings. The zero-order chi connectivity index (χ0) is 21.1. The first kappa shape index (κ1) is 21.7. The molecule has 0 spiro atoms. The molecule has 0 bridgehead atoms. The SMILES string of the molecule is CCC(C)c1cc2c(-c3c4ccccc4cc4ccccc34)cccc2[cH-]1.[Cl][Zr][Cl]. The van der Waals surface area contributed by atoms with Crippen LogP contribution in [0.1, 0.15) is 31.7 Å². The molecule has 0 saturated heterocycles. The second kappa shape index (κ2) is 9.73. The van der Waals surface area contributed by atoms with E-state index >= 15 is 0 Å². The molecule has 5 rings (SSSR count). The van der Waals surface area contributed by atoms with Gasteiger partial charge < -0.3 is 0 Å². The molecule has 0 radical (unpaired) electrons. The molecule has 0 heterocycles. The van der Waals surface area contributed by atoms with Crippen molar-refractivity contribution in [2.45, 2.75) is 26.2 Å². The summed E-state index contributed by atoms with van der Waals surface area (Å²) in [5.41, 5.74) is 4.15. The number of hydrogen-bond donors (Lipinski definition) is 0. The van der Waals surface area contributed by atoms with Gasteiger partial charge in [-0.2, -0.15) is 6.07 Å². The van der Waals surface area contributed by atoms with E-state index in [0.717, 1.165) is 0 Å². The van der Waals surface area contributed by atoms with Crippen LogP contribution in [-0.4, -0.2) is 0 Å². The number of fused-ring (bicyclic) bond motifs is 3. The molecule has 5 aromatic rings. The van der Waals surface area contributed by atoms with Crippen LogP contribution in [-0.2, 0) is 20.8 Å². The summed E-state index contributed by atoms with van der Waals surface area (Å²) in [5, 5.41) is 7.98. The van der Waals surface area contributed by atoms with Gasteiger partial charge in [-0.25, -0.2) is 0 Å². The van der Waals surface area contributed by atoms with E-state index in [1.165, 1.54) is 55.4 Å². The van der Waals surface area contributed by atoms with Gasteiger partial charge in [0.2, 0.25) is 0 Å². The van der Waals surface area contributed by atoms with Crippen molar-refractivity contribution < 1.29 is 20.8 Å². The van der Waals surface area contributed by atoms with Gasteiger partial charge in [-0.15, -0.1) is 34.5 Å². The van der Waals surface area contributed by atoms with E-state index in [9.17, 15) is 0 Å². The first-order valence-corrected chi connectivity index (χ1v) is 16.6. The molecular formula is C27H23Cl2Zr-. The predicted octanol–water partition coefficient (Wildman–Crippen LogP) is 9.42. The molecule has 0 nitrogen and oxygen atoms in total. The van der Waals surface area contributed by atoms with Crippen LogP contribution in [0.25, 0.3) is 43.4 Å². The van der Waals surface area contributed by atoms with Crippen LogP contribution in [0.15, 0.2) is 84.9 Å². The molecule has 0 aliphatic rings. The van der Waals surface area contributed by atoms with Gasteiger partial charge in [-0.1, -0.05) is 80.4 Å². The van der Waals surface area contributed by atoms with Crippen LogP contribution in [0, 0.1) is 0 Å². The van der Waals surface area contributed by atoms with Gasteiger partial charge in [-0.05, 0) is 39.1 Å². The quantitative estimate of drug-likeness (QED) is 0.168. The molecule has 0 amide bonds. The molecule has 3 heteroatoms. The van der Waals surface area contributed by atoms with Crippen LogP contribution < -0.4 is 0 Å². The van der Waals surface area contributed by atoms with Gasteiger partial charge in [0.1, 0.15) is 0 Å². The summed E-state index contributed by atoms with van der Waals surface area (Å²) in [4.78, 5) is 0. The molecule has 0 N–H and O–H groups in total. The second-order valence-corrected chi connectivity index (χ2v) is 11.4. The molecule has 1 atom stereocenters. The molecule has 0 aliphatic carbocycles. The Bertz CT molecular complexity index is 1250. The van der Waals surface area contributed by atoms with Gasteiger partial charge >= 0.3 is 37.9 Å². The van der Waals surface area contributed by atoms with E-state index in [0.29, 0.717) is 5.92 Å². The zero-order valence-corrected chi connectivity index (χ0v) is 21.1. The average molecular weight is 510 g/mol. The standard InChI is InChI=1S/C27H23.2ClH.Zr/c1-3-18(2)22-16-21-11-8-14-25(26(21)17-22)27-23-12-6-4-9-19(23)15-20-10-5-7-13-24(20)27;;;/h4-18H,3H2,1-2H3;2*1H;/q-1;;;+2/p-2. The summed E-state index contributed by atoms with van der Waals surface area (Å²) < 4.78 is 0. The summed E-state index contributed by atoms with van der Waals surface area (Å²) in [7, 11) is 9.87. The minimum atomic E-state index is -0.826. The summed E-state index contributed by atoms with van der Waals surface area (Å²) in [6, 6.07) is 31.4. The third-order valence-electron chi connectivity index (χ3n) is 6.00. The summed E-state index contributed by atoms with van der Waals surface area (Å²) in [6.07, 6.45) is 1.17. The van der Waals surface area contributed by atoms with Crippen molar-refractivity contribution in [3.05, 3.63) is 90.5 Å². The van der Waals surface area contributed by atoms with Crippen molar-refractivity contribution in [3.63, 3.8) is 0 Å². The summed E-state index contributed by atoms with van der Waals surface area (Å²) in [5.74, 6) is 0.592. The first-order chi connectivity index (χ1) is 14.7. The predicted molar refractivity (Wildman–Crippen MR) is 130 cm³/mol. The molecule has 0 aliphatic heterocycles. The van der Waals surface area contributed by atoms with Crippen LogP contribution >= 0.6 is 17.0 Å². The third-order valence-corrected chi connectivity index (χ3v) is 6.00. The maximum absolute atomic E-state index is 4.93. The van der Waals surface area contributed by atoms with E-state index in [-0.39, 0.29) is 0 Å². The summed E-state index contributed by atoms with van der Waals surface area (Å²) >= 11 is -0.826. The Labute approximate surface area is 196 Å². The Morgan fingerprint density at radius 2 is 1.40 bits per heavy atom. The Hall–Kier alpha value is -1.53. The molecule has 1 unspecified atom stereocenters. The minimum absolute atomic E-state index is 0.592. The molecule has 0 aromatic heterocycles. The van der Waals surface area contributed by atoms with Crippen LogP contribution in [0.3, 0.4) is 0 Å². The number of halogens is 2. The number of rotatable bonds is 3. The van der Waals surface area contributed by atoms with Crippen LogP contribution in [0.2, 0.25) is 0 Å². The number of benzene rings is 4. The van der Waals surface area contributed by atoms with E-state index in [2.05, 4.69) is 98.8 Å². The molecule has 30 heavy (non-hydrogen) atoms. The van der Waals surface area contributed by atoms with Gasteiger partial charge in [0.15, 0.2) is 0 Å². The van der Waals surface area contributed by atoms with Crippen molar-refractivity contribution in [3.8, 4) is 11.1 Å². The molecule has 150 valence electrons. The monoisotopic (exact) mass is 507 g/mol. The first-order valence-electron chi connectivity index (χ1n) is 10.2. The van der Waals surface area contributed by atoms with Gasteiger partial charge in [0.05, 0.1) is 0 Å². The van der Waals surface area contributed by atoms with E-state index < -0.39 is 20.8 Å². The Kier molecular flexibility index (Phi) is 7.04. The molecule has 0 saturated carbocycles. The Morgan fingerprint density at radius 3 is 2.00 bits per heavy atom. The van der Waals surface area contributed by atoms with Gasteiger partial charge in [0, 0.05) is 0 Å². The van der Waals surface area contributed by atoms with E-state index in [1.807, 2.05) is 0 Å². The van der Waals surface area contributed by atoms with Crippen molar-refractivity contribution >= 4 is 49.3 Å². The summed E-state index contributed by atoms with van der Waals surface area (Å²) in [6.45, 7) is 4.59.